The number of aryl methyl sites for hydroxylation is 2. The lowest BCUT2D eigenvalue weighted by atomic mass is 10.0. The standard InChI is InChI=1S/C31H30O3/c1-3-5-23-7-11-25(12-8-23)27-15-19-29(20-16-27)33-31(32)34-30-21-17-28(18-22-30)26-13-9-24(6-4-2)10-14-26/h7-22H,3-6H2,1-2H3. The van der Waals surface area contributed by atoms with E-state index in [0.29, 0.717) is 11.5 Å². The van der Waals surface area contributed by atoms with Crippen molar-refractivity contribution in [1.29, 1.82) is 0 Å². The second kappa shape index (κ2) is 11.3. The molecule has 4 aromatic rings. The van der Waals surface area contributed by atoms with Gasteiger partial charge in [-0.15, -0.1) is 0 Å². The zero-order chi connectivity index (χ0) is 23.8. The van der Waals surface area contributed by atoms with Gasteiger partial charge in [0, 0.05) is 0 Å². The molecule has 3 nitrogen and oxygen atoms in total. The largest absolute Gasteiger partial charge is 0.519 e. The molecule has 0 aliphatic heterocycles. The Hall–Kier alpha value is -3.85. The molecule has 0 aromatic heterocycles. The van der Waals surface area contributed by atoms with Gasteiger partial charge in [-0.05, 0) is 70.5 Å². The molecule has 0 aliphatic rings. The molecule has 0 atom stereocenters. The van der Waals surface area contributed by atoms with Crippen LogP contribution < -0.4 is 9.47 Å². The van der Waals surface area contributed by atoms with Gasteiger partial charge in [0.05, 0.1) is 0 Å². The number of carbonyl (C=O) groups excluding carboxylic acids is 1. The van der Waals surface area contributed by atoms with Crippen molar-refractivity contribution in [1.82, 2.24) is 0 Å². The molecule has 34 heavy (non-hydrogen) atoms. The molecular formula is C31H30O3. The molecule has 0 bridgehead atoms. The minimum atomic E-state index is -0.756. The van der Waals surface area contributed by atoms with E-state index in [0.717, 1.165) is 47.9 Å². The fourth-order valence-corrected chi connectivity index (χ4v) is 3.95. The predicted octanol–water partition coefficient (Wildman–Crippen LogP) is 8.50. The van der Waals surface area contributed by atoms with E-state index in [-0.39, 0.29) is 0 Å². The van der Waals surface area contributed by atoms with Gasteiger partial charge in [0.2, 0.25) is 0 Å². The molecule has 0 N–H and O–H groups in total. The van der Waals surface area contributed by atoms with Crippen molar-refractivity contribution >= 4 is 6.16 Å². The zero-order valence-electron chi connectivity index (χ0n) is 19.8. The number of ether oxygens (including phenoxy) is 2. The van der Waals surface area contributed by atoms with Gasteiger partial charge in [-0.3, -0.25) is 0 Å². The van der Waals surface area contributed by atoms with Crippen LogP contribution in [0.1, 0.15) is 37.8 Å². The van der Waals surface area contributed by atoms with Crippen molar-refractivity contribution in [2.24, 2.45) is 0 Å². The number of hydrogen-bond acceptors (Lipinski definition) is 3. The van der Waals surface area contributed by atoms with Gasteiger partial charge < -0.3 is 9.47 Å². The highest BCUT2D eigenvalue weighted by molar-refractivity contribution is 5.70. The van der Waals surface area contributed by atoms with Gasteiger partial charge in [0.15, 0.2) is 0 Å². The van der Waals surface area contributed by atoms with Crippen molar-refractivity contribution in [2.45, 2.75) is 39.5 Å². The molecule has 3 heteroatoms. The quantitative estimate of drug-likeness (QED) is 0.199. The third-order valence-corrected chi connectivity index (χ3v) is 5.76. The van der Waals surface area contributed by atoms with Crippen LogP contribution in [0.2, 0.25) is 0 Å². The fraction of sp³-hybridized carbons (Fsp3) is 0.194. The summed E-state index contributed by atoms with van der Waals surface area (Å²) >= 11 is 0. The van der Waals surface area contributed by atoms with Crippen molar-refractivity contribution in [2.75, 3.05) is 0 Å². The maximum absolute atomic E-state index is 12.2. The summed E-state index contributed by atoms with van der Waals surface area (Å²) in [6, 6.07) is 32.0. The second-order valence-electron chi connectivity index (χ2n) is 8.40. The average Bonchev–Trinajstić information content (AvgIpc) is 2.86. The smallest absolute Gasteiger partial charge is 0.395 e. The Morgan fingerprint density at radius 3 is 1.09 bits per heavy atom. The van der Waals surface area contributed by atoms with Crippen LogP contribution in [0, 0.1) is 0 Å². The highest BCUT2D eigenvalue weighted by atomic mass is 16.7. The summed E-state index contributed by atoms with van der Waals surface area (Å²) in [6.45, 7) is 4.36. The van der Waals surface area contributed by atoms with Crippen molar-refractivity contribution < 1.29 is 14.3 Å². The molecule has 0 heterocycles. The molecule has 0 aliphatic carbocycles. The molecule has 0 amide bonds. The van der Waals surface area contributed by atoms with Crippen LogP contribution >= 0.6 is 0 Å². The van der Waals surface area contributed by atoms with Gasteiger partial charge in [-0.25, -0.2) is 4.79 Å². The van der Waals surface area contributed by atoms with E-state index in [4.69, 9.17) is 9.47 Å². The maximum Gasteiger partial charge on any atom is 0.519 e. The summed E-state index contributed by atoms with van der Waals surface area (Å²) in [5, 5.41) is 0. The van der Waals surface area contributed by atoms with Crippen LogP contribution in [0.15, 0.2) is 97.1 Å². The molecule has 0 saturated carbocycles. The molecule has 0 unspecified atom stereocenters. The number of carbonyl (C=O) groups is 1. The second-order valence-corrected chi connectivity index (χ2v) is 8.40. The van der Waals surface area contributed by atoms with Crippen LogP contribution in [0.25, 0.3) is 22.3 Å². The highest BCUT2D eigenvalue weighted by Gasteiger charge is 2.09. The summed E-state index contributed by atoms with van der Waals surface area (Å²) in [6.07, 6.45) is 3.69. The molecule has 0 radical (unpaired) electrons. The Balaban J connectivity index is 1.33. The normalized spacial score (nSPS) is 10.6. The molecule has 172 valence electrons. The Morgan fingerprint density at radius 2 is 0.794 bits per heavy atom. The first-order valence-corrected chi connectivity index (χ1v) is 11.9. The van der Waals surface area contributed by atoms with Crippen LogP contribution in [0.4, 0.5) is 4.79 Å². The van der Waals surface area contributed by atoms with Gasteiger partial charge >= 0.3 is 6.16 Å². The van der Waals surface area contributed by atoms with E-state index < -0.39 is 6.16 Å². The summed E-state index contributed by atoms with van der Waals surface area (Å²) in [5.41, 5.74) is 7.09. The highest BCUT2D eigenvalue weighted by Crippen LogP contribution is 2.25. The Kier molecular flexibility index (Phi) is 7.77. The third kappa shape index (κ3) is 6.14. The summed E-state index contributed by atoms with van der Waals surface area (Å²) in [5.74, 6) is 0.889. The molecule has 0 saturated heterocycles. The Morgan fingerprint density at radius 1 is 0.500 bits per heavy atom. The minimum absolute atomic E-state index is 0.445. The van der Waals surface area contributed by atoms with E-state index in [2.05, 4.69) is 62.4 Å². The Labute approximate surface area is 202 Å². The number of benzene rings is 4. The lowest BCUT2D eigenvalue weighted by Crippen LogP contribution is -2.13. The molecule has 0 spiro atoms. The summed E-state index contributed by atoms with van der Waals surface area (Å²) in [4.78, 5) is 12.2. The first-order valence-electron chi connectivity index (χ1n) is 11.9. The molecule has 4 aromatic carbocycles. The van der Waals surface area contributed by atoms with Gasteiger partial charge in [0.25, 0.3) is 0 Å². The van der Waals surface area contributed by atoms with E-state index in [1.54, 1.807) is 24.3 Å². The van der Waals surface area contributed by atoms with Crippen molar-refractivity contribution in [3.05, 3.63) is 108 Å². The summed E-state index contributed by atoms with van der Waals surface area (Å²) in [7, 11) is 0. The monoisotopic (exact) mass is 450 g/mol. The lowest BCUT2D eigenvalue weighted by molar-refractivity contribution is 0.152. The van der Waals surface area contributed by atoms with Gasteiger partial charge in [0.1, 0.15) is 11.5 Å². The number of hydrogen-bond donors (Lipinski definition) is 0. The van der Waals surface area contributed by atoms with E-state index >= 15 is 0 Å². The van der Waals surface area contributed by atoms with Gasteiger partial charge in [-0.2, -0.15) is 0 Å². The van der Waals surface area contributed by atoms with Crippen molar-refractivity contribution in [3.63, 3.8) is 0 Å². The Bertz CT molecular complexity index is 1090. The SMILES string of the molecule is CCCc1ccc(-c2ccc(OC(=O)Oc3ccc(-c4ccc(CCC)cc4)cc3)cc2)cc1. The summed E-state index contributed by atoms with van der Waals surface area (Å²) < 4.78 is 10.7. The molecule has 4 rings (SSSR count). The third-order valence-electron chi connectivity index (χ3n) is 5.76. The predicted molar refractivity (Wildman–Crippen MR) is 138 cm³/mol. The van der Waals surface area contributed by atoms with Gasteiger partial charge in [-0.1, -0.05) is 99.5 Å². The molecule has 0 fully saturated rings. The zero-order valence-corrected chi connectivity index (χ0v) is 19.8. The van der Waals surface area contributed by atoms with Crippen LogP contribution in [0.3, 0.4) is 0 Å². The lowest BCUT2D eigenvalue weighted by Gasteiger charge is -2.08. The minimum Gasteiger partial charge on any atom is -0.395 e. The number of rotatable bonds is 8. The average molecular weight is 451 g/mol. The maximum atomic E-state index is 12.2. The molecular weight excluding hydrogens is 420 g/mol. The topological polar surface area (TPSA) is 35.5 Å². The first-order chi connectivity index (χ1) is 16.6. The van der Waals surface area contributed by atoms with E-state index in [1.165, 1.54) is 11.1 Å². The fourth-order valence-electron chi connectivity index (χ4n) is 3.95. The first kappa shape index (κ1) is 23.3. The van der Waals surface area contributed by atoms with Crippen LogP contribution in [0.5, 0.6) is 11.5 Å². The van der Waals surface area contributed by atoms with Crippen LogP contribution in [-0.4, -0.2) is 6.16 Å². The van der Waals surface area contributed by atoms with E-state index in [1.807, 2.05) is 24.3 Å². The van der Waals surface area contributed by atoms with E-state index in [9.17, 15) is 4.79 Å². The van der Waals surface area contributed by atoms with Crippen molar-refractivity contribution in [3.8, 4) is 33.8 Å². The van der Waals surface area contributed by atoms with Crippen LogP contribution in [-0.2, 0) is 12.8 Å².